The largest absolute Gasteiger partial charge is 0.493 e. The zero-order valence-electron chi connectivity index (χ0n) is 5.33. The van der Waals surface area contributed by atoms with Crippen molar-refractivity contribution in [2.24, 2.45) is 5.92 Å². The van der Waals surface area contributed by atoms with Crippen molar-refractivity contribution in [2.75, 3.05) is 0 Å². The Morgan fingerprint density at radius 2 is 2.30 bits per heavy atom. The minimum atomic E-state index is 0.251. The Balaban J connectivity index is 2.26. The summed E-state index contributed by atoms with van der Waals surface area (Å²) in [4.78, 5) is 0. The van der Waals surface area contributed by atoms with Gasteiger partial charge in [0.05, 0.1) is 6.26 Å². The second-order valence-corrected chi connectivity index (χ2v) is 3.33. The van der Waals surface area contributed by atoms with Crippen molar-refractivity contribution in [1.82, 2.24) is 0 Å². The molecule has 0 aromatic rings. The van der Waals surface area contributed by atoms with E-state index in [0.717, 1.165) is 4.48 Å². The number of hydrogen-bond donors (Lipinski definition) is 0. The summed E-state index contributed by atoms with van der Waals surface area (Å²) in [6.07, 6.45) is 10.3. The molecule has 0 spiro atoms. The van der Waals surface area contributed by atoms with Crippen molar-refractivity contribution in [3.63, 3.8) is 0 Å². The molecule has 2 rings (SSSR count). The lowest BCUT2D eigenvalue weighted by atomic mass is 10.00. The second-order valence-electron chi connectivity index (χ2n) is 2.42. The molecule has 1 aliphatic carbocycles. The van der Waals surface area contributed by atoms with Crippen LogP contribution in [0.3, 0.4) is 0 Å². The van der Waals surface area contributed by atoms with E-state index in [1.165, 1.54) is 0 Å². The van der Waals surface area contributed by atoms with Gasteiger partial charge in [-0.05, 0) is 18.2 Å². The Hall–Kier alpha value is -0.500. The molecule has 2 aliphatic rings. The summed E-state index contributed by atoms with van der Waals surface area (Å²) >= 11 is 3.41. The van der Waals surface area contributed by atoms with E-state index in [4.69, 9.17) is 4.74 Å². The van der Waals surface area contributed by atoms with Gasteiger partial charge in [0, 0.05) is 10.4 Å². The molecule has 0 radical (unpaired) electrons. The average Bonchev–Trinajstić information content (AvgIpc) is 2.33. The van der Waals surface area contributed by atoms with Gasteiger partial charge in [-0.3, -0.25) is 0 Å². The Morgan fingerprint density at radius 1 is 1.40 bits per heavy atom. The lowest BCUT2D eigenvalue weighted by Crippen LogP contribution is -2.13. The number of ether oxygens (including phenoxy) is 1. The van der Waals surface area contributed by atoms with E-state index in [2.05, 4.69) is 34.2 Å². The lowest BCUT2D eigenvalue weighted by molar-refractivity contribution is 0.192. The zero-order chi connectivity index (χ0) is 6.97. The molecule has 1 heterocycles. The first-order chi connectivity index (χ1) is 4.86. The van der Waals surface area contributed by atoms with Crippen LogP contribution >= 0.6 is 15.9 Å². The number of allylic oxidation sites excluding steroid dienone is 2. The molecule has 0 saturated carbocycles. The molecule has 2 heteroatoms. The molecule has 0 fully saturated rings. The van der Waals surface area contributed by atoms with Crippen molar-refractivity contribution in [1.29, 1.82) is 0 Å². The summed E-state index contributed by atoms with van der Waals surface area (Å²) in [5.74, 6) is 0.444. The van der Waals surface area contributed by atoms with Crippen LogP contribution in [0.4, 0.5) is 0 Å². The van der Waals surface area contributed by atoms with Crippen LogP contribution in [0, 0.1) is 5.92 Å². The summed E-state index contributed by atoms with van der Waals surface area (Å²) < 4.78 is 6.41. The zero-order valence-corrected chi connectivity index (χ0v) is 6.91. The number of halogens is 1. The highest BCUT2D eigenvalue weighted by atomic mass is 79.9. The van der Waals surface area contributed by atoms with E-state index in [1.54, 1.807) is 6.26 Å². The van der Waals surface area contributed by atoms with Crippen LogP contribution in [-0.4, -0.2) is 6.10 Å². The van der Waals surface area contributed by atoms with E-state index in [1.807, 2.05) is 6.08 Å². The third kappa shape index (κ3) is 0.926. The molecular weight excluding hydrogens is 192 g/mol. The standard InChI is InChI=1S/C8H7BrO/c9-7-1-2-8-6(5-7)3-4-10-8/h1-6,8H. The van der Waals surface area contributed by atoms with Gasteiger partial charge >= 0.3 is 0 Å². The van der Waals surface area contributed by atoms with E-state index >= 15 is 0 Å². The molecule has 2 atom stereocenters. The van der Waals surface area contributed by atoms with Gasteiger partial charge in [0.15, 0.2) is 0 Å². The quantitative estimate of drug-likeness (QED) is 0.581. The predicted octanol–water partition coefficient (Wildman–Crippen LogP) is 2.36. The van der Waals surface area contributed by atoms with E-state index in [0.29, 0.717) is 5.92 Å². The fraction of sp³-hybridized carbons (Fsp3) is 0.250. The van der Waals surface area contributed by atoms with Crippen LogP contribution in [-0.2, 0) is 4.74 Å². The molecule has 1 nitrogen and oxygen atoms in total. The average molecular weight is 199 g/mol. The summed E-state index contributed by atoms with van der Waals surface area (Å²) in [5.41, 5.74) is 0. The number of hydrogen-bond acceptors (Lipinski definition) is 1. The first-order valence-corrected chi connectivity index (χ1v) is 4.03. The summed E-state index contributed by atoms with van der Waals surface area (Å²) in [6.45, 7) is 0. The number of fused-ring (bicyclic) bond motifs is 1. The Kier molecular flexibility index (Phi) is 1.42. The molecular formula is C8H7BrO. The van der Waals surface area contributed by atoms with Crippen LogP contribution in [0.25, 0.3) is 0 Å². The summed E-state index contributed by atoms with van der Waals surface area (Å²) in [7, 11) is 0. The lowest BCUT2D eigenvalue weighted by Gasteiger charge is -2.14. The van der Waals surface area contributed by atoms with Crippen molar-refractivity contribution >= 4 is 15.9 Å². The minimum absolute atomic E-state index is 0.251. The molecule has 10 heavy (non-hydrogen) atoms. The van der Waals surface area contributed by atoms with Gasteiger partial charge in [0.2, 0.25) is 0 Å². The molecule has 2 unspecified atom stereocenters. The van der Waals surface area contributed by atoms with Gasteiger partial charge in [0.1, 0.15) is 6.10 Å². The van der Waals surface area contributed by atoms with Gasteiger partial charge in [-0.25, -0.2) is 0 Å². The molecule has 0 saturated heterocycles. The topological polar surface area (TPSA) is 9.23 Å². The number of rotatable bonds is 0. The third-order valence-electron chi connectivity index (χ3n) is 1.71. The third-order valence-corrected chi connectivity index (χ3v) is 2.24. The highest BCUT2D eigenvalue weighted by Gasteiger charge is 2.22. The van der Waals surface area contributed by atoms with E-state index in [-0.39, 0.29) is 6.10 Å². The smallest absolute Gasteiger partial charge is 0.126 e. The van der Waals surface area contributed by atoms with Crippen LogP contribution in [0.2, 0.25) is 0 Å². The first-order valence-electron chi connectivity index (χ1n) is 3.24. The molecule has 0 N–H and O–H groups in total. The maximum absolute atomic E-state index is 5.27. The fourth-order valence-corrected chi connectivity index (χ4v) is 1.64. The first kappa shape index (κ1) is 6.23. The molecule has 0 aromatic carbocycles. The Bertz CT molecular complexity index is 227. The molecule has 0 aromatic heterocycles. The Morgan fingerprint density at radius 3 is 3.20 bits per heavy atom. The maximum atomic E-state index is 5.27. The highest BCUT2D eigenvalue weighted by Crippen LogP contribution is 2.27. The van der Waals surface area contributed by atoms with Crippen LogP contribution in [0.5, 0.6) is 0 Å². The summed E-state index contributed by atoms with van der Waals surface area (Å²) in [6, 6.07) is 0. The van der Waals surface area contributed by atoms with Gasteiger partial charge in [-0.15, -0.1) is 0 Å². The maximum Gasteiger partial charge on any atom is 0.126 e. The van der Waals surface area contributed by atoms with E-state index < -0.39 is 0 Å². The van der Waals surface area contributed by atoms with Gasteiger partial charge in [-0.1, -0.05) is 22.0 Å². The minimum Gasteiger partial charge on any atom is -0.493 e. The Labute approximate surface area is 68.2 Å². The monoisotopic (exact) mass is 198 g/mol. The van der Waals surface area contributed by atoms with Crippen LogP contribution in [0.15, 0.2) is 35.0 Å². The molecule has 1 aliphatic heterocycles. The fourth-order valence-electron chi connectivity index (χ4n) is 1.18. The SMILES string of the molecule is BrC1=CC2C=COC2C=C1. The molecule has 0 amide bonds. The van der Waals surface area contributed by atoms with Gasteiger partial charge in [0.25, 0.3) is 0 Å². The predicted molar refractivity (Wildman–Crippen MR) is 43.7 cm³/mol. The van der Waals surface area contributed by atoms with Crippen molar-refractivity contribution < 1.29 is 4.74 Å². The highest BCUT2D eigenvalue weighted by molar-refractivity contribution is 9.11. The van der Waals surface area contributed by atoms with Gasteiger partial charge < -0.3 is 4.74 Å². The van der Waals surface area contributed by atoms with Crippen molar-refractivity contribution in [3.05, 3.63) is 35.0 Å². The van der Waals surface area contributed by atoms with Crippen LogP contribution in [0.1, 0.15) is 0 Å². The van der Waals surface area contributed by atoms with Gasteiger partial charge in [-0.2, -0.15) is 0 Å². The molecule has 52 valence electrons. The molecule has 0 bridgehead atoms. The normalized spacial score (nSPS) is 35.1. The summed E-state index contributed by atoms with van der Waals surface area (Å²) in [5, 5.41) is 0. The van der Waals surface area contributed by atoms with Crippen LogP contribution < -0.4 is 0 Å². The van der Waals surface area contributed by atoms with E-state index in [9.17, 15) is 0 Å². The second kappa shape index (κ2) is 2.27. The van der Waals surface area contributed by atoms with Crippen molar-refractivity contribution in [2.45, 2.75) is 6.10 Å². The van der Waals surface area contributed by atoms with Crippen molar-refractivity contribution in [3.8, 4) is 0 Å².